The van der Waals surface area contributed by atoms with Crippen molar-refractivity contribution in [1.29, 1.82) is 0 Å². The molecular weight excluding hydrogens is 248 g/mol. The molecule has 92 valence electrons. The van der Waals surface area contributed by atoms with E-state index in [9.17, 15) is 4.79 Å². The first-order chi connectivity index (χ1) is 8.56. The number of aryl methyl sites for hydroxylation is 2. The molecule has 4 heteroatoms. The molecule has 0 saturated carbocycles. The zero-order valence-corrected chi connectivity index (χ0v) is 11.0. The minimum absolute atomic E-state index is 0.178. The number of benzene rings is 1. The molecule has 0 saturated heterocycles. The number of halogens is 1. The highest BCUT2D eigenvalue weighted by Gasteiger charge is 2.09. The Balaban J connectivity index is 2.22. The fourth-order valence-corrected chi connectivity index (χ4v) is 1.88. The lowest BCUT2D eigenvalue weighted by Crippen LogP contribution is -2.14. The molecular formula is C14H13ClN2O. The van der Waals surface area contributed by atoms with Crippen LogP contribution in [0.25, 0.3) is 0 Å². The fraction of sp³-hybridized carbons (Fsp3) is 0.143. The summed E-state index contributed by atoms with van der Waals surface area (Å²) >= 11 is 5.84. The van der Waals surface area contributed by atoms with Crippen LogP contribution < -0.4 is 5.32 Å². The average molecular weight is 261 g/mol. The molecule has 2 rings (SSSR count). The minimum atomic E-state index is -0.178. The van der Waals surface area contributed by atoms with Crippen molar-refractivity contribution in [2.45, 2.75) is 13.8 Å². The van der Waals surface area contributed by atoms with E-state index >= 15 is 0 Å². The Hall–Kier alpha value is -1.87. The number of pyridine rings is 1. The molecule has 1 aromatic carbocycles. The van der Waals surface area contributed by atoms with E-state index in [-0.39, 0.29) is 5.91 Å². The van der Waals surface area contributed by atoms with Crippen LogP contribution in [0.2, 0.25) is 5.02 Å². The van der Waals surface area contributed by atoms with Crippen LogP contribution >= 0.6 is 11.6 Å². The molecule has 0 atom stereocenters. The van der Waals surface area contributed by atoms with Crippen LogP contribution in [0, 0.1) is 13.8 Å². The van der Waals surface area contributed by atoms with E-state index in [4.69, 9.17) is 11.6 Å². The molecule has 0 unspecified atom stereocenters. The number of aromatic nitrogens is 1. The van der Waals surface area contributed by atoms with E-state index in [1.165, 1.54) is 0 Å². The van der Waals surface area contributed by atoms with Crippen LogP contribution in [0.4, 0.5) is 5.82 Å². The second-order valence-electron chi connectivity index (χ2n) is 4.13. The molecule has 18 heavy (non-hydrogen) atoms. The van der Waals surface area contributed by atoms with Crippen LogP contribution in [-0.2, 0) is 0 Å². The fourth-order valence-electron chi connectivity index (χ4n) is 1.73. The van der Waals surface area contributed by atoms with E-state index in [1.807, 2.05) is 32.0 Å². The third-order valence-electron chi connectivity index (χ3n) is 2.59. The second kappa shape index (κ2) is 5.19. The van der Waals surface area contributed by atoms with Gasteiger partial charge in [-0.2, -0.15) is 0 Å². The van der Waals surface area contributed by atoms with Gasteiger partial charge in [0.2, 0.25) is 0 Å². The summed E-state index contributed by atoms with van der Waals surface area (Å²) in [5, 5.41) is 3.27. The van der Waals surface area contributed by atoms with Crippen molar-refractivity contribution < 1.29 is 4.79 Å². The van der Waals surface area contributed by atoms with Gasteiger partial charge in [0.1, 0.15) is 5.82 Å². The highest BCUT2D eigenvalue weighted by Crippen LogP contribution is 2.15. The van der Waals surface area contributed by atoms with Gasteiger partial charge in [0.05, 0.1) is 0 Å². The topological polar surface area (TPSA) is 42.0 Å². The molecule has 1 aromatic heterocycles. The van der Waals surface area contributed by atoms with Gasteiger partial charge in [0.25, 0.3) is 5.91 Å². The van der Waals surface area contributed by atoms with Gasteiger partial charge in [-0.05, 0) is 37.6 Å². The van der Waals surface area contributed by atoms with Crippen molar-refractivity contribution in [2.75, 3.05) is 5.32 Å². The number of rotatable bonds is 2. The Kier molecular flexibility index (Phi) is 3.63. The minimum Gasteiger partial charge on any atom is -0.307 e. The number of hydrogen-bond acceptors (Lipinski definition) is 2. The molecule has 3 nitrogen and oxygen atoms in total. The summed E-state index contributed by atoms with van der Waals surface area (Å²) in [5.74, 6) is 0.273. The van der Waals surface area contributed by atoms with E-state index in [2.05, 4.69) is 10.3 Å². The summed E-state index contributed by atoms with van der Waals surface area (Å²) in [6.45, 7) is 3.90. The highest BCUT2D eigenvalue weighted by molar-refractivity contribution is 6.30. The molecule has 1 amide bonds. The third-order valence-corrected chi connectivity index (χ3v) is 2.83. The summed E-state index contributed by atoms with van der Waals surface area (Å²) in [4.78, 5) is 16.1. The molecule has 2 aromatic rings. The van der Waals surface area contributed by atoms with Crippen LogP contribution in [-0.4, -0.2) is 10.9 Å². The maximum Gasteiger partial charge on any atom is 0.257 e. The van der Waals surface area contributed by atoms with Gasteiger partial charge in [-0.15, -0.1) is 0 Å². The van der Waals surface area contributed by atoms with Crippen LogP contribution in [0.15, 0.2) is 36.5 Å². The summed E-state index contributed by atoms with van der Waals surface area (Å²) in [5.41, 5.74) is 2.71. The van der Waals surface area contributed by atoms with Gasteiger partial charge in [0.15, 0.2) is 0 Å². The predicted octanol–water partition coefficient (Wildman–Crippen LogP) is 3.60. The van der Waals surface area contributed by atoms with E-state index in [0.717, 1.165) is 11.1 Å². The lowest BCUT2D eigenvalue weighted by molar-refractivity contribution is 0.102. The SMILES string of the molecule is Cc1ccc(C(=O)Nc2cc(Cl)ccn2)c(C)c1. The predicted molar refractivity (Wildman–Crippen MR) is 73.1 cm³/mol. The normalized spacial score (nSPS) is 10.2. The Morgan fingerprint density at radius 1 is 1.22 bits per heavy atom. The van der Waals surface area contributed by atoms with Crippen molar-refractivity contribution in [3.8, 4) is 0 Å². The van der Waals surface area contributed by atoms with Gasteiger partial charge in [-0.1, -0.05) is 29.3 Å². The summed E-state index contributed by atoms with van der Waals surface area (Å²) in [6, 6.07) is 8.97. The second-order valence-corrected chi connectivity index (χ2v) is 4.57. The van der Waals surface area contributed by atoms with Crippen LogP contribution in [0.3, 0.4) is 0 Å². The molecule has 0 radical (unpaired) electrons. The van der Waals surface area contributed by atoms with Crippen LogP contribution in [0.5, 0.6) is 0 Å². The summed E-state index contributed by atoms with van der Waals surface area (Å²) in [6.07, 6.45) is 1.56. The molecule has 1 N–H and O–H groups in total. The van der Waals surface area contributed by atoms with Crippen molar-refractivity contribution in [3.05, 3.63) is 58.2 Å². The smallest absolute Gasteiger partial charge is 0.257 e. The molecule has 0 aliphatic carbocycles. The first-order valence-corrected chi connectivity index (χ1v) is 5.94. The number of amides is 1. The average Bonchev–Trinajstić information content (AvgIpc) is 2.28. The van der Waals surface area contributed by atoms with Gasteiger partial charge < -0.3 is 5.32 Å². The quantitative estimate of drug-likeness (QED) is 0.896. The number of carbonyl (C=O) groups excluding carboxylic acids is 1. The van der Waals surface area contributed by atoms with E-state index in [0.29, 0.717) is 16.4 Å². The zero-order valence-electron chi connectivity index (χ0n) is 10.2. The maximum atomic E-state index is 12.1. The molecule has 0 fully saturated rings. The Morgan fingerprint density at radius 3 is 2.67 bits per heavy atom. The largest absolute Gasteiger partial charge is 0.307 e. The van der Waals surface area contributed by atoms with Gasteiger partial charge in [0, 0.05) is 16.8 Å². The van der Waals surface area contributed by atoms with Crippen molar-refractivity contribution in [3.63, 3.8) is 0 Å². The first kappa shape index (κ1) is 12.6. The van der Waals surface area contributed by atoms with E-state index in [1.54, 1.807) is 18.3 Å². The standard InChI is InChI=1S/C14H13ClN2O/c1-9-3-4-12(10(2)7-9)14(18)17-13-8-11(15)5-6-16-13/h3-8H,1-2H3,(H,16,17,18). The molecule has 1 heterocycles. The van der Waals surface area contributed by atoms with Crippen molar-refractivity contribution in [2.24, 2.45) is 0 Å². The summed E-state index contributed by atoms with van der Waals surface area (Å²) in [7, 11) is 0. The number of nitrogens with one attached hydrogen (secondary N) is 1. The molecule has 0 bridgehead atoms. The number of carbonyl (C=O) groups is 1. The molecule has 0 aliphatic rings. The van der Waals surface area contributed by atoms with Crippen molar-refractivity contribution in [1.82, 2.24) is 4.98 Å². The number of anilines is 1. The first-order valence-electron chi connectivity index (χ1n) is 5.56. The lowest BCUT2D eigenvalue weighted by atomic mass is 10.1. The van der Waals surface area contributed by atoms with Crippen LogP contribution in [0.1, 0.15) is 21.5 Å². The van der Waals surface area contributed by atoms with E-state index < -0.39 is 0 Å². The Morgan fingerprint density at radius 2 is 2.00 bits per heavy atom. The van der Waals surface area contributed by atoms with Crippen molar-refractivity contribution >= 4 is 23.3 Å². The summed E-state index contributed by atoms with van der Waals surface area (Å²) < 4.78 is 0. The molecule has 0 spiro atoms. The monoisotopic (exact) mass is 260 g/mol. The van der Waals surface area contributed by atoms with Gasteiger partial charge in [-0.3, -0.25) is 4.79 Å². The maximum absolute atomic E-state index is 12.1. The van der Waals surface area contributed by atoms with Gasteiger partial charge in [-0.25, -0.2) is 4.98 Å². The number of nitrogens with zero attached hydrogens (tertiary/aromatic N) is 1. The highest BCUT2D eigenvalue weighted by atomic mass is 35.5. The zero-order chi connectivity index (χ0) is 13.1. The third kappa shape index (κ3) is 2.87. The lowest BCUT2D eigenvalue weighted by Gasteiger charge is -2.07. The Bertz CT molecular complexity index is 596. The van der Waals surface area contributed by atoms with Gasteiger partial charge >= 0.3 is 0 Å². The molecule has 0 aliphatic heterocycles. The Labute approximate surface area is 111 Å². The number of hydrogen-bond donors (Lipinski definition) is 1.